The maximum absolute atomic E-state index is 12.6. The second-order valence-electron chi connectivity index (χ2n) is 7.41. The number of nitrogens with zero attached hydrogens (tertiary/aromatic N) is 3. The van der Waals surface area contributed by atoms with Crippen LogP contribution in [0.5, 0.6) is 11.5 Å². The topological polar surface area (TPSA) is 90.3 Å². The van der Waals surface area contributed by atoms with Gasteiger partial charge in [0.25, 0.3) is 5.91 Å². The molecule has 1 aliphatic heterocycles. The molecule has 2 heterocycles. The summed E-state index contributed by atoms with van der Waals surface area (Å²) in [6.07, 6.45) is 0. The molecule has 33 heavy (non-hydrogen) atoms. The van der Waals surface area contributed by atoms with Crippen LogP contribution in [-0.4, -0.2) is 39.2 Å². The lowest BCUT2D eigenvalue weighted by Gasteiger charge is -2.18. The number of ether oxygens (including phenoxy) is 2. The molecule has 0 radical (unpaired) electrons. The van der Waals surface area contributed by atoms with E-state index in [9.17, 15) is 4.79 Å². The number of nitrogens with one attached hydrogen (secondary N) is 2. The van der Waals surface area contributed by atoms with E-state index in [0.717, 1.165) is 11.3 Å². The van der Waals surface area contributed by atoms with E-state index < -0.39 is 0 Å². The molecule has 8 nitrogen and oxygen atoms in total. The average Bonchev–Trinajstić information content (AvgIpc) is 3.22. The van der Waals surface area contributed by atoms with Crippen molar-refractivity contribution in [3.63, 3.8) is 0 Å². The van der Waals surface area contributed by atoms with Crippen molar-refractivity contribution in [3.05, 3.63) is 70.7 Å². The minimum Gasteiger partial charge on any atom is -0.486 e. The fourth-order valence-electron chi connectivity index (χ4n) is 3.34. The number of anilines is 1. The molecule has 0 aliphatic carbocycles. The smallest absolute Gasteiger partial charge is 0.257 e. The van der Waals surface area contributed by atoms with Crippen molar-refractivity contribution in [2.45, 2.75) is 6.92 Å². The number of carbonyl (C=O) groups excluding carboxylic acids is 1. The van der Waals surface area contributed by atoms with Crippen molar-refractivity contribution in [1.29, 1.82) is 0 Å². The van der Waals surface area contributed by atoms with Crippen LogP contribution in [-0.2, 0) is 0 Å². The summed E-state index contributed by atoms with van der Waals surface area (Å²) < 4.78 is 11.0. The van der Waals surface area contributed by atoms with Gasteiger partial charge in [0.05, 0.1) is 16.4 Å². The van der Waals surface area contributed by atoms with E-state index in [-0.39, 0.29) is 11.0 Å². The molecule has 0 fully saturated rings. The van der Waals surface area contributed by atoms with Gasteiger partial charge in [0.2, 0.25) is 0 Å². The number of halogens is 1. The van der Waals surface area contributed by atoms with Crippen molar-refractivity contribution < 1.29 is 14.3 Å². The van der Waals surface area contributed by atoms with Crippen LogP contribution in [0.2, 0.25) is 5.02 Å². The molecule has 5 rings (SSSR count). The Balaban J connectivity index is 1.32. The van der Waals surface area contributed by atoms with E-state index in [1.165, 1.54) is 0 Å². The van der Waals surface area contributed by atoms with Crippen LogP contribution in [0.1, 0.15) is 15.9 Å². The number of hydrogen-bond acceptors (Lipinski definition) is 6. The van der Waals surface area contributed by atoms with Crippen molar-refractivity contribution in [3.8, 4) is 17.2 Å². The molecule has 2 N–H and O–H groups in total. The van der Waals surface area contributed by atoms with Gasteiger partial charge in [0.1, 0.15) is 24.2 Å². The van der Waals surface area contributed by atoms with Gasteiger partial charge in [0, 0.05) is 5.56 Å². The molecule has 1 aliphatic rings. The third-order valence-electron chi connectivity index (χ3n) is 5.01. The Morgan fingerprint density at radius 3 is 2.45 bits per heavy atom. The lowest BCUT2D eigenvalue weighted by Crippen LogP contribution is -2.34. The zero-order valence-electron chi connectivity index (χ0n) is 17.5. The fourth-order valence-corrected chi connectivity index (χ4v) is 3.75. The second kappa shape index (κ2) is 8.68. The first-order chi connectivity index (χ1) is 16.0. The van der Waals surface area contributed by atoms with Gasteiger partial charge >= 0.3 is 0 Å². The summed E-state index contributed by atoms with van der Waals surface area (Å²) in [5.74, 6) is 0.752. The highest BCUT2D eigenvalue weighted by Gasteiger charge is 2.16. The van der Waals surface area contributed by atoms with Crippen LogP contribution in [0.25, 0.3) is 16.7 Å². The Kier molecular flexibility index (Phi) is 5.57. The first-order valence-corrected chi connectivity index (χ1v) is 10.9. The SMILES string of the molecule is Cc1ccc(-n2nc3cc(Cl)c(NC(=S)NC(=O)c4ccc5c(c4)OCCO5)cc3n2)cc1. The Morgan fingerprint density at radius 2 is 1.70 bits per heavy atom. The molecule has 0 bridgehead atoms. The Morgan fingerprint density at radius 1 is 1.00 bits per heavy atom. The number of fused-ring (bicyclic) bond motifs is 2. The van der Waals surface area contributed by atoms with Gasteiger partial charge in [0.15, 0.2) is 16.6 Å². The highest BCUT2D eigenvalue weighted by atomic mass is 35.5. The molecule has 166 valence electrons. The van der Waals surface area contributed by atoms with Crippen LogP contribution in [0.4, 0.5) is 5.69 Å². The molecule has 10 heteroatoms. The molecule has 1 aromatic heterocycles. The van der Waals surface area contributed by atoms with E-state index in [2.05, 4.69) is 20.8 Å². The van der Waals surface area contributed by atoms with Crippen LogP contribution in [0, 0.1) is 6.92 Å². The van der Waals surface area contributed by atoms with Crippen molar-refractivity contribution in [1.82, 2.24) is 20.3 Å². The molecule has 0 unspecified atom stereocenters. The van der Waals surface area contributed by atoms with Crippen LogP contribution >= 0.6 is 23.8 Å². The average molecular weight is 480 g/mol. The van der Waals surface area contributed by atoms with Crippen molar-refractivity contribution in [2.75, 3.05) is 18.5 Å². The van der Waals surface area contributed by atoms with Gasteiger partial charge in [-0.1, -0.05) is 29.3 Å². The molecular formula is C23H18ClN5O3S. The van der Waals surface area contributed by atoms with Crippen molar-refractivity contribution >= 4 is 51.6 Å². The molecule has 0 saturated carbocycles. The molecule has 0 atom stereocenters. The number of benzene rings is 3. The minimum atomic E-state index is -0.382. The largest absolute Gasteiger partial charge is 0.486 e. The molecule has 4 aromatic rings. The highest BCUT2D eigenvalue weighted by Crippen LogP contribution is 2.31. The second-order valence-corrected chi connectivity index (χ2v) is 8.23. The first-order valence-electron chi connectivity index (χ1n) is 10.1. The van der Waals surface area contributed by atoms with Crippen molar-refractivity contribution in [2.24, 2.45) is 0 Å². The number of carbonyl (C=O) groups is 1. The first kappa shape index (κ1) is 21.2. The predicted molar refractivity (Wildman–Crippen MR) is 130 cm³/mol. The van der Waals surface area contributed by atoms with Gasteiger partial charge in [-0.15, -0.1) is 10.2 Å². The Hall–Kier alpha value is -3.69. The summed E-state index contributed by atoms with van der Waals surface area (Å²) in [4.78, 5) is 14.2. The van der Waals surface area contributed by atoms with Gasteiger partial charge in [-0.25, -0.2) is 0 Å². The number of amides is 1. The number of aromatic nitrogens is 3. The number of aryl methyl sites for hydroxylation is 1. The molecule has 0 saturated heterocycles. The van der Waals surface area contributed by atoms with Gasteiger partial charge in [-0.2, -0.15) is 4.80 Å². The highest BCUT2D eigenvalue weighted by molar-refractivity contribution is 7.80. The number of hydrogen-bond donors (Lipinski definition) is 2. The van der Waals surface area contributed by atoms with E-state index in [1.54, 1.807) is 35.1 Å². The van der Waals surface area contributed by atoms with E-state index in [0.29, 0.717) is 52.0 Å². The molecule has 0 spiro atoms. The number of rotatable bonds is 3. The van der Waals surface area contributed by atoms with Crippen LogP contribution in [0.15, 0.2) is 54.6 Å². The predicted octanol–water partition coefficient (Wildman–Crippen LogP) is 4.28. The Bertz CT molecular complexity index is 1390. The summed E-state index contributed by atoms with van der Waals surface area (Å²) in [5.41, 5.74) is 4.15. The lowest BCUT2D eigenvalue weighted by atomic mass is 10.2. The zero-order valence-corrected chi connectivity index (χ0v) is 19.0. The molecule has 1 amide bonds. The normalized spacial score (nSPS) is 12.4. The van der Waals surface area contributed by atoms with Crippen LogP contribution in [0.3, 0.4) is 0 Å². The van der Waals surface area contributed by atoms with Gasteiger partial charge in [-0.05, 0) is 61.6 Å². The lowest BCUT2D eigenvalue weighted by molar-refractivity contribution is 0.0976. The van der Waals surface area contributed by atoms with E-state index in [1.807, 2.05) is 31.2 Å². The zero-order chi connectivity index (χ0) is 22.9. The standard InChI is InChI=1S/C23H18ClN5O3S/c1-13-2-5-15(6-3-13)29-27-18-11-16(24)17(12-19(18)28-29)25-23(33)26-22(30)14-4-7-20-21(10-14)32-9-8-31-20/h2-7,10-12H,8-9H2,1H3,(H2,25,26,30,33). The molecule has 3 aromatic carbocycles. The maximum atomic E-state index is 12.6. The fraction of sp³-hybridized carbons (Fsp3) is 0.130. The monoisotopic (exact) mass is 479 g/mol. The summed E-state index contributed by atoms with van der Waals surface area (Å²) in [7, 11) is 0. The summed E-state index contributed by atoms with van der Waals surface area (Å²) >= 11 is 11.7. The Labute approximate surface area is 199 Å². The summed E-state index contributed by atoms with van der Waals surface area (Å²) in [6.45, 7) is 2.94. The van der Waals surface area contributed by atoms with Gasteiger partial charge < -0.3 is 14.8 Å². The van der Waals surface area contributed by atoms with E-state index in [4.69, 9.17) is 33.3 Å². The van der Waals surface area contributed by atoms with E-state index >= 15 is 0 Å². The summed E-state index contributed by atoms with van der Waals surface area (Å²) in [5, 5.41) is 15.1. The maximum Gasteiger partial charge on any atom is 0.257 e. The quantitative estimate of drug-likeness (QED) is 0.424. The minimum absolute atomic E-state index is 0.0991. The van der Waals surface area contributed by atoms with Crippen LogP contribution < -0.4 is 20.1 Å². The molecular weight excluding hydrogens is 462 g/mol. The van der Waals surface area contributed by atoms with Gasteiger partial charge in [-0.3, -0.25) is 10.1 Å². The third kappa shape index (κ3) is 4.46. The number of thiocarbonyl (C=S) groups is 1. The third-order valence-corrected chi connectivity index (χ3v) is 5.53. The summed E-state index contributed by atoms with van der Waals surface area (Å²) in [6, 6.07) is 16.3.